The van der Waals surface area contributed by atoms with Crippen molar-refractivity contribution in [3.63, 3.8) is 0 Å². The second-order valence-corrected chi connectivity index (χ2v) is 4.02. The summed E-state index contributed by atoms with van der Waals surface area (Å²) in [5.74, 6) is 0.833. The van der Waals surface area contributed by atoms with Gasteiger partial charge in [-0.15, -0.1) is 0 Å². The van der Waals surface area contributed by atoms with Crippen molar-refractivity contribution in [2.24, 2.45) is 0 Å². The van der Waals surface area contributed by atoms with Crippen LogP contribution in [0.25, 0.3) is 0 Å². The number of hydrogen-bond donors (Lipinski definition) is 2. The number of anilines is 1. The molecule has 0 atom stereocenters. The van der Waals surface area contributed by atoms with Crippen LogP contribution in [0, 0.1) is 6.92 Å². The topological polar surface area (TPSA) is 53.6 Å². The number of halogens is 1. The minimum Gasteiger partial charge on any atom is -0.363 e. The third-order valence-corrected chi connectivity index (χ3v) is 2.76. The maximum Gasteiger partial charge on any atom is 0.140 e. The van der Waals surface area contributed by atoms with E-state index < -0.39 is 0 Å². The zero-order valence-electron chi connectivity index (χ0n) is 8.29. The quantitative estimate of drug-likeness (QED) is 0.898. The zero-order valence-corrected chi connectivity index (χ0v) is 9.87. The van der Waals surface area contributed by atoms with Crippen LogP contribution in [-0.4, -0.2) is 15.0 Å². The number of nitrogens with zero attached hydrogens (tertiary/aromatic N) is 2. The highest BCUT2D eigenvalue weighted by Gasteiger charge is 2.02. The van der Waals surface area contributed by atoms with Crippen LogP contribution >= 0.6 is 15.9 Å². The molecule has 0 aliphatic heterocycles. The summed E-state index contributed by atoms with van der Waals surface area (Å²) >= 11 is 3.43. The fraction of sp³-hybridized carbons (Fsp3) is 0.200. The van der Waals surface area contributed by atoms with Gasteiger partial charge in [-0.2, -0.15) is 0 Å². The molecule has 0 saturated carbocycles. The maximum absolute atomic E-state index is 4.21. The predicted octanol–water partition coefficient (Wildman–Crippen LogP) is 2.49. The molecule has 0 aliphatic rings. The number of imidazole rings is 1. The number of aromatic amines is 1. The molecule has 2 heterocycles. The van der Waals surface area contributed by atoms with Crippen molar-refractivity contribution >= 4 is 21.7 Å². The molecule has 0 aliphatic carbocycles. The van der Waals surface area contributed by atoms with Crippen molar-refractivity contribution in [3.05, 3.63) is 40.5 Å². The Morgan fingerprint density at radius 3 is 3.00 bits per heavy atom. The molecule has 2 rings (SSSR count). The van der Waals surface area contributed by atoms with Gasteiger partial charge in [-0.1, -0.05) is 0 Å². The maximum atomic E-state index is 4.21. The van der Waals surface area contributed by atoms with Crippen LogP contribution < -0.4 is 5.32 Å². The molecule has 78 valence electrons. The third kappa shape index (κ3) is 2.36. The first-order valence-electron chi connectivity index (χ1n) is 4.60. The number of nitrogens with one attached hydrogen (secondary N) is 2. The average molecular weight is 267 g/mol. The lowest BCUT2D eigenvalue weighted by Gasteiger charge is -2.05. The highest BCUT2D eigenvalue weighted by molar-refractivity contribution is 9.10. The van der Waals surface area contributed by atoms with Crippen molar-refractivity contribution in [2.45, 2.75) is 13.5 Å². The van der Waals surface area contributed by atoms with Gasteiger partial charge in [-0.05, 0) is 35.0 Å². The lowest BCUT2D eigenvalue weighted by molar-refractivity contribution is 1.03. The molecule has 0 saturated heterocycles. The summed E-state index contributed by atoms with van der Waals surface area (Å²) in [6.45, 7) is 2.67. The Kier molecular flexibility index (Phi) is 3.01. The molecular formula is C10H11BrN4. The van der Waals surface area contributed by atoms with E-state index in [0.717, 1.165) is 21.7 Å². The van der Waals surface area contributed by atoms with Crippen LogP contribution in [0.4, 0.5) is 5.82 Å². The van der Waals surface area contributed by atoms with E-state index in [1.165, 1.54) is 0 Å². The Labute approximate surface area is 96.3 Å². The smallest absolute Gasteiger partial charge is 0.140 e. The summed E-state index contributed by atoms with van der Waals surface area (Å²) in [6, 6.07) is 3.84. The zero-order chi connectivity index (χ0) is 10.7. The first kappa shape index (κ1) is 10.2. The molecule has 0 aromatic carbocycles. The molecule has 5 heteroatoms. The first-order valence-corrected chi connectivity index (χ1v) is 5.40. The van der Waals surface area contributed by atoms with Crippen LogP contribution in [0.2, 0.25) is 0 Å². The number of aromatic nitrogens is 3. The van der Waals surface area contributed by atoms with E-state index in [4.69, 9.17) is 0 Å². The first-order chi connectivity index (χ1) is 7.27. The van der Waals surface area contributed by atoms with Gasteiger partial charge >= 0.3 is 0 Å². The SMILES string of the molecule is Cc1[nH]cnc1CNc1ncccc1Br. The highest BCUT2D eigenvalue weighted by Crippen LogP contribution is 2.18. The summed E-state index contributed by atoms with van der Waals surface area (Å²) < 4.78 is 0.957. The van der Waals surface area contributed by atoms with Gasteiger partial charge < -0.3 is 10.3 Å². The Morgan fingerprint density at radius 2 is 2.33 bits per heavy atom. The summed E-state index contributed by atoms with van der Waals surface area (Å²) in [5.41, 5.74) is 2.09. The minimum atomic E-state index is 0.672. The van der Waals surface area contributed by atoms with Gasteiger partial charge in [0.25, 0.3) is 0 Å². The second kappa shape index (κ2) is 4.44. The van der Waals surface area contributed by atoms with Gasteiger partial charge in [0.1, 0.15) is 5.82 Å². The Morgan fingerprint density at radius 1 is 1.47 bits per heavy atom. The molecule has 2 aromatic heterocycles. The lowest BCUT2D eigenvalue weighted by Crippen LogP contribution is -2.03. The standard InChI is InChI=1S/C10H11BrN4/c1-7-9(15-6-14-7)5-13-10-8(11)3-2-4-12-10/h2-4,6H,5H2,1H3,(H,12,13)(H,14,15). The van der Waals surface area contributed by atoms with Gasteiger partial charge in [0.2, 0.25) is 0 Å². The van der Waals surface area contributed by atoms with E-state index in [2.05, 4.69) is 36.2 Å². The van der Waals surface area contributed by atoms with Gasteiger partial charge in [-0.25, -0.2) is 9.97 Å². The van der Waals surface area contributed by atoms with Gasteiger partial charge in [0.05, 0.1) is 23.0 Å². The van der Waals surface area contributed by atoms with Crippen LogP contribution in [0.3, 0.4) is 0 Å². The summed E-state index contributed by atoms with van der Waals surface area (Å²) in [6.07, 6.45) is 3.45. The van der Waals surface area contributed by atoms with Crippen molar-refractivity contribution in [3.8, 4) is 0 Å². The number of pyridine rings is 1. The van der Waals surface area contributed by atoms with Gasteiger partial charge in [-0.3, -0.25) is 0 Å². The summed E-state index contributed by atoms with van der Waals surface area (Å²) in [5, 5.41) is 3.22. The van der Waals surface area contributed by atoms with E-state index in [1.807, 2.05) is 19.1 Å². The normalized spacial score (nSPS) is 10.3. The number of rotatable bonds is 3. The average Bonchev–Trinajstić information content (AvgIpc) is 2.63. The molecule has 2 N–H and O–H groups in total. The lowest BCUT2D eigenvalue weighted by atomic mass is 10.3. The number of aryl methyl sites for hydroxylation is 1. The summed E-state index contributed by atoms with van der Waals surface area (Å²) in [4.78, 5) is 11.4. The molecule has 0 bridgehead atoms. The van der Waals surface area contributed by atoms with Crippen LogP contribution in [0.5, 0.6) is 0 Å². The third-order valence-electron chi connectivity index (χ3n) is 2.12. The second-order valence-electron chi connectivity index (χ2n) is 3.16. The van der Waals surface area contributed by atoms with E-state index in [9.17, 15) is 0 Å². The molecule has 0 spiro atoms. The van der Waals surface area contributed by atoms with Crippen molar-refractivity contribution < 1.29 is 0 Å². The minimum absolute atomic E-state index is 0.672. The van der Waals surface area contributed by atoms with Crippen LogP contribution in [0.15, 0.2) is 29.1 Å². The monoisotopic (exact) mass is 266 g/mol. The molecule has 4 nitrogen and oxygen atoms in total. The summed E-state index contributed by atoms with van der Waals surface area (Å²) in [7, 11) is 0. The van der Waals surface area contributed by atoms with Crippen molar-refractivity contribution in [2.75, 3.05) is 5.32 Å². The van der Waals surface area contributed by atoms with Gasteiger partial charge in [0.15, 0.2) is 0 Å². The predicted molar refractivity (Wildman–Crippen MR) is 62.6 cm³/mol. The Bertz CT molecular complexity index is 452. The van der Waals surface area contributed by atoms with E-state index in [1.54, 1.807) is 12.5 Å². The Hall–Kier alpha value is -1.36. The largest absolute Gasteiger partial charge is 0.363 e. The van der Waals surface area contributed by atoms with Crippen LogP contribution in [0.1, 0.15) is 11.4 Å². The molecule has 0 fully saturated rings. The molecule has 0 amide bonds. The molecule has 15 heavy (non-hydrogen) atoms. The molecule has 0 radical (unpaired) electrons. The molecule has 2 aromatic rings. The number of hydrogen-bond acceptors (Lipinski definition) is 3. The van der Waals surface area contributed by atoms with Crippen molar-refractivity contribution in [1.82, 2.24) is 15.0 Å². The fourth-order valence-electron chi connectivity index (χ4n) is 1.25. The van der Waals surface area contributed by atoms with E-state index in [-0.39, 0.29) is 0 Å². The number of H-pyrrole nitrogens is 1. The van der Waals surface area contributed by atoms with Gasteiger partial charge in [0, 0.05) is 11.9 Å². The molecule has 0 unspecified atom stereocenters. The van der Waals surface area contributed by atoms with Crippen molar-refractivity contribution in [1.29, 1.82) is 0 Å². The fourth-order valence-corrected chi connectivity index (χ4v) is 1.64. The van der Waals surface area contributed by atoms with Crippen LogP contribution in [-0.2, 0) is 6.54 Å². The van der Waals surface area contributed by atoms with E-state index in [0.29, 0.717) is 6.54 Å². The Balaban J connectivity index is 2.06. The highest BCUT2D eigenvalue weighted by atomic mass is 79.9. The molecular weight excluding hydrogens is 256 g/mol. The van der Waals surface area contributed by atoms with E-state index >= 15 is 0 Å².